The van der Waals surface area contributed by atoms with E-state index in [-0.39, 0.29) is 30.0 Å². The van der Waals surface area contributed by atoms with Gasteiger partial charge in [0.05, 0.1) is 13.1 Å². The highest BCUT2D eigenvalue weighted by molar-refractivity contribution is 14.0. The third kappa shape index (κ3) is 6.77. The fourth-order valence-corrected chi connectivity index (χ4v) is 4.14. The number of aromatic nitrogens is 4. The van der Waals surface area contributed by atoms with Gasteiger partial charge in [0.1, 0.15) is 18.5 Å². The molecule has 0 radical (unpaired) electrons. The molecular weight excluding hydrogens is 521 g/mol. The van der Waals surface area contributed by atoms with Crippen LogP contribution < -0.4 is 15.4 Å². The Balaban J connectivity index is 0.00000289. The van der Waals surface area contributed by atoms with Gasteiger partial charge in [-0.2, -0.15) is 5.10 Å². The molecule has 3 heterocycles. The molecule has 0 bridgehead atoms. The minimum absolute atomic E-state index is 0. The van der Waals surface area contributed by atoms with E-state index in [1.54, 1.807) is 13.3 Å². The van der Waals surface area contributed by atoms with E-state index in [9.17, 15) is 0 Å². The molecule has 32 heavy (non-hydrogen) atoms. The highest BCUT2D eigenvalue weighted by Gasteiger charge is 2.22. The van der Waals surface area contributed by atoms with Crippen LogP contribution >= 0.6 is 24.0 Å². The maximum Gasteiger partial charge on any atom is 0.213 e. The lowest BCUT2D eigenvalue weighted by Crippen LogP contribution is -2.47. The van der Waals surface area contributed by atoms with E-state index in [4.69, 9.17) is 14.5 Å². The van der Waals surface area contributed by atoms with Gasteiger partial charge in [0.2, 0.25) is 5.88 Å². The number of methoxy groups -OCH3 is 1. The van der Waals surface area contributed by atoms with Gasteiger partial charge in [-0.25, -0.2) is 19.6 Å². The first-order valence-corrected chi connectivity index (χ1v) is 11.3. The Morgan fingerprint density at radius 3 is 2.91 bits per heavy atom. The van der Waals surface area contributed by atoms with E-state index in [2.05, 4.69) is 32.6 Å². The van der Waals surface area contributed by atoms with Crippen LogP contribution in [0.3, 0.4) is 0 Å². The number of aliphatic imine (C=N–C) groups is 1. The van der Waals surface area contributed by atoms with Crippen molar-refractivity contribution in [2.24, 2.45) is 4.99 Å². The van der Waals surface area contributed by atoms with Crippen LogP contribution in [0.2, 0.25) is 0 Å². The van der Waals surface area contributed by atoms with E-state index in [1.165, 1.54) is 12.8 Å². The second-order valence-corrected chi connectivity index (χ2v) is 8.16. The summed E-state index contributed by atoms with van der Waals surface area (Å²) in [5.41, 5.74) is 1.09. The van der Waals surface area contributed by atoms with Crippen LogP contribution in [0, 0.1) is 0 Å². The van der Waals surface area contributed by atoms with Crippen molar-refractivity contribution >= 4 is 29.9 Å². The molecule has 1 saturated carbocycles. The first-order valence-electron chi connectivity index (χ1n) is 11.3. The van der Waals surface area contributed by atoms with E-state index in [0.717, 1.165) is 61.9 Å². The van der Waals surface area contributed by atoms with Crippen molar-refractivity contribution in [1.29, 1.82) is 0 Å². The molecule has 0 spiro atoms. The quantitative estimate of drug-likeness (QED) is 0.294. The highest BCUT2D eigenvalue weighted by Crippen LogP contribution is 2.23. The molecule has 0 amide bonds. The Bertz CT molecular complexity index is 883. The number of halogens is 1. The second-order valence-electron chi connectivity index (χ2n) is 8.16. The molecule has 9 nitrogen and oxygen atoms in total. The molecule has 0 saturated heterocycles. The van der Waals surface area contributed by atoms with Crippen molar-refractivity contribution in [1.82, 2.24) is 30.4 Å². The average Bonchev–Trinajstić information content (AvgIpc) is 3.42. The summed E-state index contributed by atoms with van der Waals surface area (Å²) >= 11 is 0. The molecule has 1 aliphatic heterocycles. The summed E-state index contributed by atoms with van der Waals surface area (Å²) < 4.78 is 13.2. The van der Waals surface area contributed by atoms with Gasteiger partial charge in [-0.1, -0.05) is 0 Å². The average molecular weight is 555 g/mol. The summed E-state index contributed by atoms with van der Waals surface area (Å²) in [6, 6.07) is 4.25. The summed E-state index contributed by atoms with van der Waals surface area (Å²) in [7, 11) is 1.66. The Morgan fingerprint density at radius 1 is 1.28 bits per heavy atom. The van der Waals surface area contributed by atoms with E-state index >= 15 is 0 Å². The smallest absolute Gasteiger partial charge is 0.213 e. The highest BCUT2D eigenvalue weighted by atomic mass is 127. The number of rotatable bonds is 8. The summed E-state index contributed by atoms with van der Waals surface area (Å²) in [6.07, 6.45) is 8.74. The van der Waals surface area contributed by atoms with Crippen LogP contribution in [0.15, 0.2) is 23.3 Å². The molecule has 1 atom stereocenters. The minimum Gasteiger partial charge on any atom is -0.474 e. The molecule has 176 valence electrons. The van der Waals surface area contributed by atoms with Crippen LogP contribution in [-0.4, -0.2) is 51.5 Å². The van der Waals surface area contributed by atoms with Crippen LogP contribution in [-0.2, 0) is 30.9 Å². The van der Waals surface area contributed by atoms with Gasteiger partial charge in [0.15, 0.2) is 11.8 Å². The van der Waals surface area contributed by atoms with Gasteiger partial charge >= 0.3 is 0 Å². The second kappa shape index (κ2) is 12.3. The first kappa shape index (κ1) is 24.7. The van der Waals surface area contributed by atoms with Crippen molar-refractivity contribution in [3.63, 3.8) is 0 Å². The number of hydrogen-bond donors (Lipinski definition) is 2. The zero-order valence-corrected chi connectivity index (χ0v) is 21.2. The lowest BCUT2D eigenvalue weighted by atomic mass is 10.1. The van der Waals surface area contributed by atoms with Gasteiger partial charge in [-0.15, -0.1) is 24.0 Å². The number of fused-ring (bicyclic) bond motifs is 1. The van der Waals surface area contributed by atoms with Crippen molar-refractivity contribution in [3.8, 4) is 5.88 Å². The number of pyridine rings is 1. The molecule has 4 rings (SSSR count). The van der Waals surface area contributed by atoms with Gasteiger partial charge in [-0.05, 0) is 50.7 Å². The first-order chi connectivity index (χ1) is 15.2. The number of ether oxygens (including phenoxy) is 2. The Labute approximate surface area is 206 Å². The fraction of sp³-hybridized carbons (Fsp3) is 0.636. The molecule has 2 N–H and O–H groups in total. The van der Waals surface area contributed by atoms with E-state index < -0.39 is 0 Å². The largest absolute Gasteiger partial charge is 0.474 e. The van der Waals surface area contributed by atoms with Crippen LogP contribution in [0.5, 0.6) is 5.88 Å². The van der Waals surface area contributed by atoms with Crippen LogP contribution in [0.4, 0.5) is 0 Å². The Morgan fingerprint density at radius 2 is 2.12 bits per heavy atom. The zero-order valence-electron chi connectivity index (χ0n) is 18.9. The van der Waals surface area contributed by atoms with Crippen LogP contribution in [0.25, 0.3) is 0 Å². The third-order valence-corrected chi connectivity index (χ3v) is 5.67. The molecule has 2 aromatic rings. The van der Waals surface area contributed by atoms with Gasteiger partial charge in [0.25, 0.3) is 0 Å². The maximum absolute atomic E-state index is 6.03. The van der Waals surface area contributed by atoms with Crippen molar-refractivity contribution in [2.75, 3.05) is 13.7 Å². The summed E-state index contributed by atoms with van der Waals surface area (Å²) in [5.74, 6) is 3.28. The van der Waals surface area contributed by atoms with Crippen molar-refractivity contribution in [3.05, 3.63) is 35.5 Å². The monoisotopic (exact) mass is 555 g/mol. The molecule has 1 aliphatic carbocycles. The number of nitrogens with one attached hydrogen (secondary N) is 2. The molecule has 10 heteroatoms. The fourth-order valence-electron chi connectivity index (χ4n) is 4.14. The standard InChI is InChI=1S/C22H33N7O2.HI/c1-3-23-22(26-17-8-9-20-27-19(15-30-2)28-29(20)14-17)25-13-16-10-11-24-21(12-16)31-18-6-4-5-7-18;/h10-12,17-18H,3-9,13-15H2,1-2H3,(H2,23,25,26);1H. The molecule has 2 aromatic heterocycles. The topological polar surface area (TPSA) is 98.5 Å². The molecule has 1 unspecified atom stereocenters. The summed E-state index contributed by atoms with van der Waals surface area (Å²) in [4.78, 5) is 13.7. The SMILES string of the molecule is CCNC(=NCc1ccnc(OC2CCCC2)c1)NC1CCc2nc(COC)nn2C1.I. The third-order valence-electron chi connectivity index (χ3n) is 5.67. The normalized spacial score (nSPS) is 18.7. The maximum atomic E-state index is 6.03. The van der Waals surface area contributed by atoms with Gasteiger partial charge in [-0.3, -0.25) is 0 Å². The molecule has 2 aliphatic rings. The minimum atomic E-state index is 0. The van der Waals surface area contributed by atoms with Crippen LogP contribution in [0.1, 0.15) is 56.2 Å². The zero-order chi connectivity index (χ0) is 21.5. The predicted molar refractivity (Wildman–Crippen MR) is 133 cm³/mol. The number of aryl methyl sites for hydroxylation is 1. The summed E-state index contributed by atoms with van der Waals surface area (Å²) in [5, 5.41) is 11.5. The van der Waals surface area contributed by atoms with Crippen molar-refractivity contribution in [2.45, 2.75) is 77.3 Å². The number of guanidine groups is 1. The molecule has 1 fully saturated rings. The Kier molecular flexibility index (Phi) is 9.51. The lowest BCUT2D eigenvalue weighted by Gasteiger charge is -2.25. The molecule has 0 aromatic carbocycles. The molecular formula is C22H34IN7O2. The van der Waals surface area contributed by atoms with E-state index in [0.29, 0.717) is 25.1 Å². The number of nitrogens with zero attached hydrogens (tertiary/aromatic N) is 5. The van der Waals surface area contributed by atoms with E-state index in [1.807, 2.05) is 16.8 Å². The number of hydrogen-bond acceptors (Lipinski definition) is 6. The van der Waals surface area contributed by atoms with Gasteiger partial charge < -0.3 is 20.1 Å². The van der Waals surface area contributed by atoms with Gasteiger partial charge in [0, 0.05) is 38.4 Å². The summed E-state index contributed by atoms with van der Waals surface area (Å²) in [6.45, 7) is 4.66. The lowest BCUT2D eigenvalue weighted by molar-refractivity contribution is 0.177. The van der Waals surface area contributed by atoms with Crippen molar-refractivity contribution < 1.29 is 9.47 Å². The predicted octanol–water partition coefficient (Wildman–Crippen LogP) is 2.83. The Hall–Kier alpha value is -1.95.